The number of hydrogen-bond donors (Lipinski definition) is 1. The summed E-state index contributed by atoms with van der Waals surface area (Å²) in [7, 11) is -2.59. The Hall–Kier alpha value is -3.85. The number of nitrogens with zero attached hydrogens (tertiary/aromatic N) is 2. The van der Waals surface area contributed by atoms with Crippen LogP contribution in [0, 0.1) is 6.92 Å². The Morgan fingerprint density at radius 1 is 0.923 bits per heavy atom. The van der Waals surface area contributed by atoms with Gasteiger partial charge in [0.1, 0.15) is 18.3 Å². The second-order valence-corrected chi connectivity index (χ2v) is 11.1. The largest absolute Gasteiger partial charge is 0.497 e. The summed E-state index contributed by atoms with van der Waals surface area (Å²) >= 11 is 0. The van der Waals surface area contributed by atoms with Gasteiger partial charge in [-0.2, -0.15) is 0 Å². The minimum absolute atomic E-state index is 0.0686. The zero-order valence-electron chi connectivity index (χ0n) is 23.0. The maximum absolute atomic E-state index is 14.0. The minimum Gasteiger partial charge on any atom is -0.497 e. The van der Waals surface area contributed by atoms with Crippen LogP contribution in [0.1, 0.15) is 37.8 Å². The molecule has 3 rings (SSSR count). The van der Waals surface area contributed by atoms with Crippen molar-refractivity contribution in [2.45, 2.75) is 51.1 Å². The van der Waals surface area contributed by atoms with Crippen molar-refractivity contribution in [2.75, 3.05) is 24.5 Å². The van der Waals surface area contributed by atoms with Gasteiger partial charge in [0.25, 0.3) is 10.0 Å². The van der Waals surface area contributed by atoms with Gasteiger partial charge in [0.05, 0.1) is 17.7 Å². The molecule has 2 amide bonds. The highest BCUT2D eigenvalue weighted by molar-refractivity contribution is 7.92. The van der Waals surface area contributed by atoms with E-state index in [0.717, 1.165) is 21.9 Å². The number of nitrogens with one attached hydrogen (secondary N) is 1. The molecular formula is C30H37N3O5S. The summed E-state index contributed by atoms with van der Waals surface area (Å²) in [5.74, 6) is -0.188. The van der Waals surface area contributed by atoms with Crippen molar-refractivity contribution >= 4 is 27.5 Å². The predicted molar refractivity (Wildman–Crippen MR) is 153 cm³/mol. The first kappa shape index (κ1) is 29.7. The molecule has 0 aliphatic rings. The molecule has 3 aromatic carbocycles. The molecule has 1 atom stereocenters. The van der Waals surface area contributed by atoms with Crippen molar-refractivity contribution in [3.05, 3.63) is 90.0 Å². The van der Waals surface area contributed by atoms with Crippen molar-refractivity contribution in [1.82, 2.24) is 10.2 Å². The molecule has 208 valence electrons. The summed E-state index contributed by atoms with van der Waals surface area (Å²) in [6.07, 6.45) is 1.14. The first-order chi connectivity index (χ1) is 18.7. The normalized spacial score (nSPS) is 11.9. The van der Waals surface area contributed by atoms with Crippen LogP contribution >= 0.6 is 0 Å². The number of anilines is 1. The van der Waals surface area contributed by atoms with Crippen molar-refractivity contribution in [2.24, 2.45) is 0 Å². The molecule has 0 heterocycles. The Morgan fingerprint density at radius 2 is 1.56 bits per heavy atom. The average Bonchev–Trinajstić information content (AvgIpc) is 2.95. The number of aryl methyl sites for hydroxylation is 1. The Balaban J connectivity index is 2.04. The van der Waals surface area contributed by atoms with E-state index in [0.29, 0.717) is 24.4 Å². The summed E-state index contributed by atoms with van der Waals surface area (Å²) in [6.45, 7) is 5.84. The van der Waals surface area contributed by atoms with Crippen LogP contribution in [-0.2, 0) is 26.2 Å². The van der Waals surface area contributed by atoms with Gasteiger partial charge in [0.15, 0.2) is 0 Å². The molecular weight excluding hydrogens is 514 g/mol. The molecule has 0 aromatic heterocycles. The lowest BCUT2D eigenvalue weighted by Crippen LogP contribution is -2.52. The number of methoxy groups -OCH3 is 1. The molecule has 0 unspecified atom stereocenters. The average molecular weight is 552 g/mol. The molecule has 0 aliphatic carbocycles. The lowest BCUT2D eigenvalue weighted by molar-refractivity contribution is -0.140. The highest BCUT2D eigenvalue weighted by Crippen LogP contribution is 2.27. The summed E-state index contributed by atoms with van der Waals surface area (Å²) < 4.78 is 34.1. The minimum atomic E-state index is -4.11. The first-order valence-electron chi connectivity index (χ1n) is 13.1. The number of carbonyl (C=O) groups excluding carboxylic acids is 2. The SMILES string of the molecule is CCCNC(=O)[C@@H](CC)N(Cc1ccccc1)C(=O)CN(c1ccc(OC)cc1)S(=O)(=O)c1ccc(C)cc1. The van der Waals surface area contributed by atoms with E-state index < -0.39 is 28.5 Å². The highest BCUT2D eigenvalue weighted by Gasteiger charge is 2.33. The van der Waals surface area contributed by atoms with E-state index in [1.54, 1.807) is 36.4 Å². The molecule has 0 radical (unpaired) electrons. The molecule has 0 saturated carbocycles. The van der Waals surface area contributed by atoms with Gasteiger partial charge < -0.3 is 15.0 Å². The van der Waals surface area contributed by atoms with Crippen LogP contribution < -0.4 is 14.4 Å². The smallest absolute Gasteiger partial charge is 0.264 e. The molecule has 9 heteroatoms. The molecule has 0 fully saturated rings. The fraction of sp³-hybridized carbons (Fsp3) is 0.333. The maximum atomic E-state index is 14.0. The highest BCUT2D eigenvalue weighted by atomic mass is 32.2. The Kier molecular flexibility index (Phi) is 10.5. The fourth-order valence-corrected chi connectivity index (χ4v) is 5.59. The molecule has 3 aromatic rings. The summed E-state index contributed by atoms with van der Waals surface area (Å²) in [5, 5.41) is 2.88. The summed E-state index contributed by atoms with van der Waals surface area (Å²) in [5.41, 5.74) is 2.07. The summed E-state index contributed by atoms with van der Waals surface area (Å²) in [4.78, 5) is 28.6. The standard InChI is InChI=1S/C30H37N3O5S/c1-5-20-31-30(35)28(6-2)32(21-24-10-8-7-9-11-24)29(34)22-33(25-14-16-26(38-4)17-15-25)39(36,37)27-18-12-23(3)13-19-27/h7-19,28H,5-6,20-22H2,1-4H3,(H,31,35)/t28-/m1/s1. The van der Waals surface area contributed by atoms with Crippen LogP contribution in [0.25, 0.3) is 0 Å². The Morgan fingerprint density at radius 3 is 2.13 bits per heavy atom. The number of benzene rings is 3. The topological polar surface area (TPSA) is 96.0 Å². The molecule has 0 bridgehead atoms. The van der Waals surface area contributed by atoms with Gasteiger partial charge >= 0.3 is 0 Å². The van der Waals surface area contributed by atoms with Crippen LogP contribution in [-0.4, -0.2) is 51.4 Å². The van der Waals surface area contributed by atoms with Crippen LogP contribution in [0.4, 0.5) is 5.69 Å². The monoisotopic (exact) mass is 551 g/mol. The lowest BCUT2D eigenvalue weighted by Gasteiger charge is -2.33. The van der Waals surface area contributed by atoms with E-state index in [2.05, 4.69) is 5.32 Å². The van der Waals surface area contributed by atoms with Crippen LogP contribution in [0.3, 0.4) is 0 Å². The van der Waals surface area contributed by atoms with E-state index >= 15 is 0 Å². The number of carbonyl (C=O) groups is 2. The molecule has 0 aliphatic heterocycles. The third-order valence-corrected chi connectivity index (χ3v) is 8.17. The lowest BCUT2D eigenvalue weighted by atomic mass is 10.1. The number of hydrogen-bond acceptors (Lipinski definition) is 5. The van der Waals surface area contributed by atoms with Crippen LogP contribution in [0.2, 0.25) is 0 Å². The summed E-state index contributed by atoms with van der Waals surface area (Å²) in [6, 6.07) is 21.6. The van der Waals surface area contributed by atoms with Crippen molar-refractivity contribution in [3.8, 4) is 5.75 Å². The molecule has 0 spiro atoms. The van der Waals surface area contributed by atoms with Gasteiger partial charge in [0, 0.05) is 13.1 Å². The van der Waals surface area contributed by atoms with Crippen molar-refractivity contribution in [3.63, 3.8) is 0 Å². The Labute approximate surface area is 231 Å². The zero-order valence-corrected chi connectivity index (χ0v) is 23.8. The van der Waals surface area contributed by atoms with Crippen molar-refractivity contribution in [1.29, 1.82) is 0 Å². The van der Waals surface area contributed by atoms with E-state index in [4.69, 9.17) is 4.74 Å². The van der Waals surface area contributed by atoms with E-state index in [-0.39, 0.29) is 17.3 Å². The van der Waals surface area contributed by atoms with E-state index in [1.807, 2.05) is 51.1 Å². The first-order valence-corrected chi connectivity index (χ1v) is 14.5. The van der Waals surface area contributed by atoms with Crippen LogP contribution in [0.15, 0.2) is 83.8 Å². The number of amides is 2. The predicted octanol–water partition coefficient (Wildman–Crippen LogP) is 4.53. The zero-order chi connectivity index (χ0) is 28.4. The second kappa shape index (κ2) is 13.8. The third-order valence-electron chi connectivity index (χ3n) is 6.38. The van der Waals surface area contributed by atoms with Gasteiger partial charge in [-0.15, -0.1) is 0 Å². The number of rotatable bonds is 13. The number of ether oxygens (including phenoxy) is 1. The van der Waals surface area contributed by atoms with Crippen molar-refractivity contribution < 1.29 is 22.7 Å². The fourth-order valence-electron chi connectivity index (χ4n) is 4.18. The maximum Gasteiger partial charge on any atom is 0.264 e. The third kappa shape index (κ3) is 7.60. The molecule has 39 heavy (non-hydrogen) atoms. The quantitative estimate of drug-likeness (QED) is 0.337. The number of sulfonamides is 1. The van der Waals surface area contributed by atoms with E-state index in [9.17, 15) is 18.0 Å². The van der Waals surface area contributed by atoms with Crippen LogP contribution in [0.5, 0.6) is 5.75 Å². The molecule has 8 nitrogen and oxygen atoms in total. The molecule has 0 saturated heterocycles. The second-order valence-electron chi connectivity index (χ2n) is 9.25. The van der Waals surface area contributed by atoms with E-state index in [1.165, 1.54) is 24.1 Å². The molecule has 1 N–H and O–H groups in total. The Bertz CT molecular complexity index is 1330. The van der Waals surface area contributed by atoms with Gasteiger partial charge in [-0.25, -0.2) is 8.42 Å². The van der Waals surface area contributed by atoms with Gasteiger partial charge in [-0.1, -0.05) is 61.9 Å². The van der Waals surface area contributed by atoms with Gasteiger partial charge in [-0.3, -0.25) is 13.9 Å². The van der Waals surface area contributed by atoms with Gasteiger partial charge in [0.2, 0.25) is 11.8 Å². The van der Waals surface area contributed by atoms with Gasteiger partial charge in [-0.05, 0) is 61.7 Å².